The summed E-state index contributed by atoms with van der Waals surface area (Å²) in [6.07, 6.45) is 1.51. The van der Waals surface area contributed by atoms with Crippen molar-refractivity contribution in [1.82, 2.24) is 0 Å². The largest absolute Gasteiger partial charge is 0.478 e. The average Bonchev–Trinajstić information content (AvgIpc) is 3.01. The molecule has 24 heavy (non-hydrogen) atoms. The molecule has 2 aromatic carbocycles. The van der Waals surface area contributed by atoms with Crippen LogP contribution < -0.4 is 0 Å². The van der Waals surface area contributed by atoms with E-state index in [2.05, 4.69) is 4.99 Å². The summed E-state index contributed by atoms with van der Waals surface area (Å²) in [5.74, 6) is -0.174. The molecule has 0 radical (unpaired) electrons. The lowest BCUT2D eigenvalue weighted by Crippen LogP contribution is -1.96. The summed E-state index contributed by atoms with van der Waals surface area (Å²) in [6, 6.07) is 14.3. The van der Waals surface area contributed by atoms with E-state index in [0.29, 0.717) is 17.2 Å². The molecule has 0 amide bonds. The Balaban J connectivity index is 1.84. The lowest BCUT2D eigenvalue weighted by Gasteiger charge is -2.03. The number of aromatic carboxylic acids is 1. The topological polar surface area (TPSA) is 62.8 Å². The van der Waals surface area contributed by atoms with Crippen LogP contribution in [0.5, 0.6) is 0 Å². The van der Waals surface area contributed by atoms with Crippen LogP contribution >= 0.6 is 0 Å². The lowest BCUT2D eigenvalue weighted by atomic mass is 10.0. The molecular weight excluding hydrogens is 309 g/mol. The summed E-state index contributed by atoms with van der Waals surface area (Å²) in [5, 5.41) is 9.01. The number of carboxylic acid groups (broad SMARTS) is 1. The maximum atomic E-state index is 13.1. The molecule has 1 N–H and O–H groups in total. The van der Waals surface area contributed by atoms with Gasteiger partial charge in [-0.1, -0.05) is 12.1 Å². The number of halogens is 1. The summed E-state index contributed by atoms with van der Waals surface area (Å²) >= 11 is 0. The van der Waals surface area contributed by atoms with E-state index in [1.807, 2.05) is 6.92 Å². The fourth-order valence-electron chi connectivity index (χ4n) is 2.33. The highest BCUT2D eigenvalue weighted by Crippen LogP contribution is 2.26. The Labute approximate surface area is 137 Å². The molecule has 0 atom stereocenters. The molecule has 0 spiro atoms. The first-order valence-corrected chi connectivity index (χ1v) is 7.27. The van der Waals surface area contributed by atoms with Crippen molar-refractivity contribution in [2.45, 2.75) is 6.92 Å². The maximum absolute atomic E-state index is 13.1. The maximum Gasteiger partial charge on any atom is 0.335 e. The van der Waals surface area contributed by atoms with Crippen LogP contribution in [0.4, 0.5) is 10.1 Å². The first-order chi connectivity index (χ1) is 11.5. The number of hydrogen-bond donors (Lipinski definition) is 1. The van der Waals surface area contributed by atoms with E-state index in [-0.39, 0.29) is 11.4 Å². The van der Waals surface area contributed by atoms with E-state index in [9.17, 15) is 9.18 Å². The van der Waals surface area contributed by atoms with Crippen LogP contribution in [0.1, 0.15) is 21.7 Å². The van der Waals surface area contributed by atoms with Gasteiger partial charge in [0.05, 0.1) is 17.5 Å². The smallest absolute Gasteiger partial charge is 0.335 e. The van der Waals surface area contributed by atoms with Crippen molar-refractivity contribution in [3.63, 3.8) is 0 Å². The minimum atomic E-state index is -0.966. The van der Waals surface area contributed by atoms with E-state index in [1.165, 1.54) is 24.4 Å². The zero-order chi connectivity index (χ0) is 17.1. The molecule has 0 unspecified atom stereocenters. The molecule has 0 aliphatic rings. The zero-order valence-electron chi connectivity index (χ0n) is 12.9. The third-order valence-electron chi connectivity index (χ3n) is 3.51. The monoisotopic (exact) mass is 323 g/mol. The number of aliphatic imine (C=N–C) groups is 1. The molecule has 1 heterocycles. The second-order valence-corrected chi connectivity index (χ2v) is 5.27. The van der Waals surface area contributed by atoms with Crippen molar-refractivity contribution in [3.8, 4) is 11.3 Å². The molecule has 0 aliphatic heterocycles. The van der Waals surface area contributed by atoms with Crippen molar-refractivity contribution >= 4 is 17.9 Å². The minimum absolute atomic E-state index is 0.232. The van der Waals surface area contributed by atoms with Crippen LogP contribution in [0.3, 0.4) is 0 Å². The normalized spacial score (nSPS) is 11.1. The number of rotatable bonds is 4. The SMILES string of the molecule is Cc1cc(C(=O)O)ccc1-c1ccc(C=Nc2cccc(F)c2)o1. The number of furan rings is 1. The molecule has 0 fully saturated rings. The van der Waals surface area contributed by atoms with Gasteiger partial charge in [-0.2, -0.15) is 0 Å². The van der Waals surface area contributed by atoms with E-state index in [1.54, 1.807) is 36.4 Å². The highest BCUT2D eigenvalue weighted by atomic mass is 19.1. The third-order valence-corrected chi connectivity index (χ3v) is 3.51. The molecule has 0 saturated carbocycles. The van der Waals surface area contributed by atoms with Gasteiger partial charge in [0.25, 0.3) is 0 Å². The number of carbonyl (C=O) groups is 1. The van der Waals surface area contributed by atoms with Crippen LogP contribution in [-0.2, 0) is 0 Å². The first-order valence-electron chi connectivity index (χ1n) is 7.27. The average molecular weight is 323 g/mol. The van der Waals surface area contributed by atoms with Gasteiger partial charge in [0.2, 0.25) is 0 Å². The van der Waals surface area contributed by atoms with Gasteiger partial charge in [-0.15, -0.1) is 0 Å². The Bertz CT molecular complexity index is 928. The van der Waals surface area contributed by atoms with Crippen molar-refractivity contribution < 1.29 is 18.7 Å². The summed E-state index contributed by atoms with van der Waals surface area (Å²) in [7, 11) is 0. The van der Waals surface area contributed by atoms with Gasteiger partial charge < -0.3 is 9.52 Å². The number of nitrogens with zero attached hydrogens (tertiary/aromatic N) is 1. The number of aryl methyl sites for hydroxylation is 1. The molecule has 3 aromatic rings. The second kappa shape index (κ2) is 6.50. The summed E-state index contributed by atoms with van der Waals surface area (Å²) in [4.78, 5) is 15.1. The molecule has 4 nitrogen and oxygen atoms in total. The van der Waals surface area contributed by atoms with E-state index < -0.39 is 5.97 Å². The van der Waals surface area contributed by atoms with E-state index in [0.717, 1.165) is 11.1 Å². The molecular formula is C19H14FNO3. The quantitative estimate of drug-likeness (QED) is 0.699. The van der Waals surface area contributed by atoms with Crippen LogP contribution in [0.15, 0.2) is 64.0 Å². The highest BCUT2D eigenvalue weighted by Gasteiger charge is 2.10. The molecule has 1 aromatic heterocycles. The van der Waals surface area contributed by atoms with Crippen molar-refractivity contribution in [1.29, 1.82) is 0 Å². The predicted octanol–water partition coefficient (Wildman–Crippen LogP) is 4.84. The Hall–Kier alpha value is -3.21. The van der Waals surface area contributed by atoms with Gasteiger partial charge in [0.15, 0.2) is 0 Å². The summed E-state index contributed by atoms with van der Waals surface area (Å²) in [5.41, 5.74) is 2.34. The molecule has 0 saturated heterocycles. The molecule has 3 rings (SSSR count). The van der Waals surface area contributed by atoms with Gasteiger partial charge >= 0.3 is 5.97 Å². The number of benzene rings is 2. The zero-order valence-corrected chi connectivity index (χ0v) is 12.9. The molecule has 5 heteroatoms. The van der Waals surface area contributed by atoms with Crippen molar-refractivity contribution in [3.05, 3.63) is 77.3 Å². The van der Waals surface area contributed by atoms with Gasteiger partial charge in [-0.05, 0) is 55.0 Å². The Kier molecular flexibility index (Phi) is 4.24. The number of hydrogen-bond acceptors (Lipinski definition) is 3. The standard InChI is InChI=1S/C19H14FNO3/c1-12-9-13(19(22)23)5-7-17(12)18-8-6-16(24-18)11-21-15-4-2-3-14(20)10-15/h2-11H,1H3,(H,22,23). The summed E-state index contributed by atoms with van der Waals surface area (Å²) in [6.45, 7) is 1.82. The Morgan fingerprint density at radius 3 is 2.71 bits per heavy atom. The third kappa shape index (κ3) is 3.41. The lowest BCUT2D eigenvalue weighted by molar-refractivity contribution is 0.0697. The Morgan fingerprint density at radius 1 is 1.17 bits per heavy atom. The van der Waals surface area contributed by atoms with Gasteiger partial charge in [0.1, 0.15) is 17.3 Å². The van der Waals surface area contributed by atoms with Crippen molar-refractivity contribution in [2.75, 3.05) is 0 Å². The fourth-order valence-corrected chi connectivity index (χ4v) is 2.33. The Morgan fingerprint density at radius 2 is 2.00 bits per heavy atom. The number of carboxylic acids is 1. The van der Waals surface area contributed by atoms with Gasteiger partial charge in [-0.3, -0.25) is 4.99 Å². The van der Waals surface area contributed by atoms with Crippen LogP contribution in [0.2, 0.25) is 0 Å². The van der Waals surface area contributed by atoms with Crippen molar-refractivity contribution in [2.24, 2.45) is 4.99 Å². The molecule has 120 valence electrons. The predicted molar refractivity (Wildman–Crippen MR) is 89.5 cm³/mol. The molecule has 0 bridgehead atoms. The second-order valence-electron chi connectivity index (χ2n) is 5.27. The molecule has 0 aliphatic carbocycles. The summed E-state index contributed by atoms with van der Waals surface area (Å²) < 4.78 is 18.8. The minimum Gasteiger partial charge on any atom is -0.478 e. The van der Waals surface area contributed by atoms with Crippen LogP contribution in [0, 0.1) is 12.7 Å². The highest BCUT2D eigenvalue weighted by molar-refractivity contribution is 5.89. The van der Waals surface area contributed by atoms with Crippen LogP contribution in [-0.4, -0.2) is 17.3 Å². The fraction of sp³-hybridized carbons (Fsp3) is 0.0526. The van der Waals surface area contributed by atoms with Gasteiger partial charge in [-0.25, -0.2) is 9.18 Å². The van der Waals surface area contributed by atoms with E-state index in [4.69, 9.17) is 9.52 Å². The van der Waals surface area contributed by atoms with Crippen LogP contribution in [0.25, 0.3) is 11.3 Å². The van der Waals surface area contributed by atoms with E-state index >= 15 is 0 Å². The first kappa shape index (κ1) is 15.7. The van der Waals surface area contributed by atoms with Gasteiger partial charge in [0, 0.05) is 5.56 Å².